The molecule has 1 aromatic rings. The van der Waals surface area contributed by atoms with Crippen LogP contribution in [0.15, 0.2) is 6.07 Å². The Morgan fingerprint density at radius 3 is 2.36 bits per heavy atom. The molecule has 0 aromatic heterocycles. The first kappa shape index (κ1) is 18.3. The summed E-state index contributed by atoms with van der Waals surface area (Å²) in [5.74, 6) is 3.04. The van der Waals surface area contributed by atoms with Crippen molar-refractivity contribution < 1.29 is 14.3 Å². The molecule has 2 aliphatic rings. The molecule has 1 saturated carbocycles. The highest BCUT2D eigenvalue weighted by atomic mass is 16.5. The smallest absolute Gasteiger partial charge is 0.138 e. The highest BCUT2D eigenvalue weighted by Crippen LogP contribution is 2.58. The highest BCUT2D eigenvalue weighted by molar-refractivity contribution is 5.86. The molecular weight excluding hydrogens is 312 g/mol. The van der Waals surface area contributed by atoms with Gasteiger partial charge in [-0.05, 0) is 53.7 Å². The van der Waals surface area contributed by atoms with Gasteiger partial charge in [-0.15, -0.1) is 0 Å². The van der Waals surface area contributed by atoms with E-state index in [2.05, 4.69) is 40.7 Å². The first-order chi connectivity index (χ1) is 11.7. The first-order valence-corrected chi connectivity index (χ1v) is 9.50. The number of rotatable bonds is 3. The summed E-state index contributed by atoms with van der Waals surface area (Å²) in [6.45, 7) is 11.0. The SMILES string of the molecule is COc1cc2c(c(OC)c1C(C)C)CCC1C(C)(C)C(=O)CCC21C. The van der Waals surface area contributed by atoms with Crippen molar-refractivity contribution in [2.45, 2.75) is 71.6 Å². The zero-order valence-corrected chi connectivity index (χ0v) is 16.8. The van der Waals surface area contributed by atoms with Crippen LogP contribution >= 0.6 is 0 Å². The summed E-state index contributed by atoms with van der Waals surface area (Å²) in [5.41, 5.74) is 3.57. The van der Waals surface area contributed by atoms with Gasteiger partial charge < -0.3 is 9.47 Å². The number of benzene rings is 1. The molecular formula is C22H32O3. The fourth-order valence-electron chi connectivity index (χ4n) is 5.55. The average Bonchev–Trinajstić information content (AvgIpc) is 2.56. The molecule has 1 aromatic carbocycles. The van der Waals surface area contributed by atoms with E-state index in [0.717, 1.165) is 36.3 Å². The van der Waals surface area contributed by atoms with Crippen LogP contribution in [-0.4, -0.2) is 20.0 Å². The van der Waals surface area contributed by atoms with Gasteiger partial charge in [0, 0.05) is 17.4 Å². The van der Waals surface area contributed by atoms with E-state index >= 15 is 0 Å². The van der Waals surface area contributed by atoms with Gasteiger partial charge >= 0.3 is 0 Å². The molecule has 138 valence electrons. The summed E-state index contributed by atoms with van der Waals surface area (Å²) in [6.07, 6.45) is 3.60. The Morgan fingerprint density at radius 1 is 1.12 bits per heavy atom. The van der Waals surface area contributed by atoms with E-state index in [1.807, 2.05) is 0 Å². The van der Waals surface area contributed by atoms with Crippen molar-refractivity contribution in [2.24, 2.45) is 11.3 Å². The molecule has 0 bridgehead atoms. The van der Waals surface area contributed by atoms with Crippen molar-refractivity contribution in [3.63, 3.8) is 0 Å². The van der Waals surface area contributed by atoms with Gasteiger partial charge in [-0.25, -0.2) is 0 Å². The lowest BCUT2D eigenvalue weighted by atomic mass is 9.50. The summed E-state index contributed by atoms with van der Waals surface area (Å²) in [6, 6.07) is 2.24. The third kappa shape index (κ3) is 2.50. The lowest BCUT2D eigenvalue weighted by Crippen LogP contribution is -2.52. The number of carbonyl (C=O) groups is 1. The van der Waals surface area contributed by atoms with Gasteiger partial charge in [0.25, 0.3) is 0 Å². The minimum Gasteiger partial charge on any atom is -0.496 e. The molecule has 0 saturated heterocycles. The van der Waals surface area contributed by atoms with Crippen molar-refractivity contribution >= 4 is 5.78 Å². The topological polar surface area (TPSA) is 35.5 Å². The third-order valence-corrected chi connectivity index (χ3v) is 6.91. The number of hydrogen-bond donors (Lipinski definition) is 0. The maximum Gasteiger partial charge on any atom is 0.138 e. The van der Waals surface area contributed by atoms with Crippen LogP contribution in [0.2, 0.25) is 0 Å². The minimum atomic E-state index is -0.262. The van der Waals surface area contributed by atoms with Crippen LogP contribution < -0.4 is 9.47 Å². The van der Waals surface area contributed by atoms with E-state index < -0.39 is 0 Å². The first-order valence-electron chi connectivity index (χ1n) is 9.50. The molecule has 25 heavy (non-hydrogen) atoms. The molecule has 0 spiro atoms. The standard InChI is InChI=1S/C22H32O3/c1-13(2)19-16(24-6)12-15-14(20(19)25-7)8-9-17-21(3,4)18(23)10-11-22(15,17)5/h12-13,17H,8-11H2,1-7H3. The molecule has 3 rings (SSSR count). The van der Waals surface area contributed by atoms with Gasteiger partial charge in [0.15, 0.2) is 0 Å². The lowest BCUT2D eigenvalue weighted by molar-refractivity contribution is -0.137. The summed E-state index contributed by atoms with van der Waals surface area (Å²) in [7, 11) is 3.51. The van der Waals surface area contributed by atoms with Gasteiger partial charge in [-0.2, -0.15) is 0 Å². The molecule has 3 heteroatoms. The largest absolute Gasteiger partial charge is 0.496 e. The second-order valence-corrected chi connectivity index (χ2v) is 8.86. The zero-order valence-electron chi connectivity index (χ0n) is 16.8. The monoisotopic (exact) mass is 344 g/mol. The Bertz CT molecular complexity index is 702. The summed E-state index contributed by atoms with van der Waals surface area (Å²) >= 11 is 0. The fraction of sp³-hybridized carbons (Fsp3) is 0.682. The minimum absolute atomic E-state index is 0.00105. The number of fused-ring (bicyclic) bond motifs is 3. The Morgan fingerprint density at radius 2 is 1.80 bits per heavy atom. The maximum absolute atomic E-state index is 12.6. The van der Waals surface area contributed by atoms with E-state index in [4.69, 9.17) is 9.47 Å². The Hall–Kier alpha value is -1.51. The Labute approximate surface area is 152 Å². The van der Waals surface area contributed by atoms with Gasteiger partial charge in [0.1, 0.15) is 17.3 Å². The Balaban J connectivity index is 2.25. The molecule has 0 N–H and O–H groups in total. The van der Waals surface area contributed by atoms with Crippen molar-refractivity contribution in [2.75, 3.05) is 14.2 Å². The lowest BCUT2D eigenvalue weighted by Gasteiger charge is -2.53. The van der Waals surface area contributed by atoms with Crippen LogP contribution in [-0.2, 0) is 16.6 Å². The molecule has 0 amide bonds. The van der Waals surface area contributed by atoms with Crippen LogP contribution in [0.3, 0.4) is 0 Å². The summed E-state index contributed by atoms with van der Waals surface area (Å²) < 4.78 is 11.7. The number of Topliss-reactive ketones (excluding diaryl/α,β-unsaturated/α-hetero) is 1. The van der Waals surface area contributed by atoms with Crippen molar-refractivity contribution in [1.29, 1.82) is 0 Å². The number of methoxy groups -OCH3 is 2. The van der Waals surface area contributed by atoms with Crippen LogP contribution in [0.25, 0.3) is 0 Å². The van der Waals surface area contributed by atoms with E-state index in [9.17, 15) is 4.79 Å². The number of carbonyl (C=O) groups excluding carboxylic acids is 1. The van der Waals surface area contributed by atoms with Crippen LogP contribution in [0.5, 0.6) is 11.5 Å². The molecule has 0 radical (unpaired) electrons. The van der Waals surface area contributed by atoms with Gasteiger partial charge in [0.05, 0.1) is 14.2 Å². The molecule has 0 heterocycles. The fourth-order valence-corrected chi connectivity index (χ4v) is 5.55. The maximum atomic E-state index is 12.6. The average molecular weight is 344 g/mol. The quantitative estimate of drug-likeness (QED) is 0.771. The number of hydrogen-bond acceptors (Lipinski definition) is 3. The molecule has 1 fully saturated rings. The van der Waals surface area contributed by atoms with Crippen molar-refractivity contribution in [3.8, 4) is 11.5 Å². The molecule has 2 aliphatic carbocycles. The predicted molar refractivity (Wildman–Crippen MR) is 101 cm³/mol. The van der Waals surface area contributed by atoms with Crippen LogP contribution in [0.4, 0.5) is 0 Å². The summed E-state index contributed by atoms with van der Waals surface area (Å²) in [5, 5.41) is 0. The van der Waals surface area contributed by atoms with Crippen LogP contribution in [0.1, 0.15) is 76.5 Å². The predicted octanol–water partition coefficient (Wildman–Crippen LogP) is 5.04. The zero-order chi connectivity index (χ0) is 18.6. The second-order valence-electron chi connectivity index (χ2n) is 8.86. The second kappa shape index (κ2) is 6.03. The van der Waals surface area contributed by atoms with E-state index in [1.54, 1.807) is 14.2 Å². The highest BCUT2D eigenvalue weighted by Gasteiger charge is 2.54. The number of ether oxygens (including phenoxy) is 2. The van der Waals surface area contributed by atoms with Gasteiger partial charge in [-0.1, -0.05) is 34.6 Å². The van der Waals surface area contributed by atoms with E-state index in [1.165, 1.54) is 11.1 Å². The van der Waals surface area contributed by atoms with E-state index in [-0.39, 0.29) is 10.8 Å². The number of ketones is 1. The molecule has 2 atom stereocenters. The Kier molecular flexibility index (Phi) is 4.41. The normalized spacial score (nSPS) is 27.7. The molecule has 0 aliphatic heterocycles. The third-order valence-electron chi connectivity index (χ3n) is 6.91. The van der Waals surface area contributed by atoms with E-state index in [0.29, 0.717) is 24.0 Å². The van der Waals surface area contributed by atoms with Gasteiger partial charge in [-0.3, -0.25) is 4.79 Å². The van der Waals surface area contributed by atoms with Gasteiger partial charge in [0.2, 0.25) is 0 Å². The molecule has 3 nitrogen and oxygen atoms in total. The van der Waals surface area contributed by atoms with Crippen molar-refractivity contribution in [3.05, 3.63) is 22.8 Å². The summed E-state index contributed by atoms with van der Waals surface area (Å²) in [4.78, 5) is 12.6. The van der Waals surface area contributed by atoms with Crippen molar-refractivity contribution in [1.82, 2.24) is 0 Å². The van der Waals surface area contributed by atoms with Crippen LogP contribution in [0, 0.1) is 11.3 Å². The molecule has 2 unspecified atom stereocenters.